The van der Waals surface area contributed by atoms with E-state index in [1.54, 1.807) is 4.68 Å². The minimum atomic E-state index is 0.0859. The van der Waals surface area contributed by atoms with E-state index in [0.717, 1.165) is 17.8 Å². The van der Waals surface area contributed by atoms with Crippen molar-refractivity contribution in [3.05, 3.63) is 47.8 Å². The summed E-state index contributed by atoms with van der Waals surface area (Å²) < 4.78 is 7.44. The first kappa shape index (κ1) is 14.7. The molecule has 1 aromatic carbocycles. The van der Waals surface area contributed by atoms with E-state index >= 15 is 0 Å². The SMILES string of the molecule is CCN1C[C@@H](n2cc(COCc3ccccc3)nn2)CC1=O. The molecule has 2 aromatic rings. The molecule has 2 heterocycles. The topological polar surface area (TPSA) is 60.2 Å². The van der Waals surface area contributed by atoms with Gasteiger partial charge in [-0.15, -0.1) is 5.10 Å². The van der Waals surface area contributed by atoms with Crippen LogP contribution in [0.4, 0.5) is 0 Å². The lowest BCUT2D eigenvalue weighted by molar-refractivity contribution is -0.127. The number of nitrogens with zero attached hydrogens (tertiary/aromatic N) is 4. The Labute approximate surface area is 129 Å². The molecular weight excluding hydrogens is 280 g/mol. The largest absolute Gasteiger partial charge is 0.370 e. The van der Waals surface area contributed by atoms with Gasteiger partial charge in [0.25, 0.3) is 0 Å². The second-order valence-electron chi connectivity index (χ2n) is 5.46. The Bertz CT molecular complexity index is 626. The summed E-state index contributed by atoms with van der Waals surface area (Å²) in [5, 5.41) is 8.26. The molecule has 0 saturated carbocycles. The maximum atomic E-state index is 11.8. The van der Waals surface area contributed by atoms with Gasteiger partial charge in [-0.3, -0.25) is 4.79 Å². The molecule has 1 fully saturated rings. The summed E-state index contributed by atoms with van der Waals surface area (Å²) in [5.41, 5.74) is 1.92. The number of ether oxygens (including phenoxy) is 1. The molecule has 1 saturated heterocycles. The maximum absolute atomic E-state index is 11.8. The van der Waals surface area contributed by atoms with Gasteiger partial charge in [0.15, 0.2) is 0 Å². The van der Waals surface area contributed by atoms with Crippen molar-refractivity contribution in [1.29, 1.82) is 0 Å². The Balaban J connectivity index is 1.52. The van der Waals surface area contributed by atoms with E-state index in [1.807, 2.05) is 48.4 Å². The molecule has 1 aromatic heterocycles. The van der Waals surface area contributed by atoms with Gasteiger partial charge in [-0.05, 0) is 12.5 Å². The lowest BCUT2D eigenvalue weighted by Crippen LogP contribution is -2.24. The minimum Gasteiger partial charge on any atom is -0.370 e. The molecule has 1 aliphatic heterocycles. The van der Waals surface area contributed by atoms with Gasteiger partial charge in [0.05, 0.1) is 31.9 Å². The molecule has 6 heteroatoms. The fraction of sp³-hybridized carbons (Fsp3) is 0.438. The average molecular weight is 300 g/mol. The van der Waals surface area contributed by atoms with Crippen LogP contribution in [-0.2, 0) is 22.7 Å². The van der Waals surface area contributed by atoms with Crippen molar-refractivity contribution in [2.24, 2.45) is 0 Å². The Morgan fingerprint density at radius 2 is 2.09 bits per heavy atom. The van der Waals surface area contributed by atoms with Gasteiger partial charge in [0.1, 0.15) is 5.69 Å². The fourth-order valence-electron chi connectivity index (χ4n) is 2.64. The monoisotopic (exact) mass is 300 g/mol. The highest BCUT2D eigenvalue weighted by Crippen LogP contribution is 2.21. The Morgan fingerprint density at radius 3 is 2.82 bits per heavy atom. The molecule has 0 radical (unpaired) electrons. The zero-order valence-corrected chi connectivity index (χ0v) is 12.7. The molecule has 22 heavy (non-hydrogen) atoms. The summed E-state index contributed by atoms with van der Waals surface area (Å²) in [6.07, 6.45) is 2.38. The standard InChI is InChI=1S/C16H20N4O2/c1-2-19-10-15(8-16(19)21)20-9-14(17-18-20)12-22-11-13-6-4-3-5-7-13/h3-7,9,15H,2,8,10-12H2,1H3/t15-/m0/s1. The third-order valence-electron chi connectivity index (χ3n) is 3.87. The summed E-state index contributed by atoms with van der Waals surface area (Å²) in [4.78, 5) is 13.6. The van der Waals surface area contributed by atoms with E-state index in [9.17, 15) is 4.79 Å². The third kappa shape index (κ3) is 3.33. The van der Waals surface area contributed by atoms with E-state index in [1.165, 1.54) is 0 Å². The number of rotatable bonds is 6. The molecule has 0 N–H and O–H groups in total. The predicted octanol–water partition coefficient (Wildman–Crippen LogP) is 1.79. The van der Waals surface area contributed by atoms with Crippen LogP contribution in [0.2, 0.25) is 0 Å². The first-order valence-electron chi connectivity index (χ1n) is 7.56. The Morgan fingerprint density at radius 1 is 1.27 bits per heavy atom. The summed E-state index contributed by atoms with van der Waals surface area (Å²) >= 11 is 0. The second kappa shape index (κ2) is 6.70. The van der Waals surface area contributed by atoms with Crippen molar-refractivity contribution < 1.29 is 9.53 Å². The van der Waals surface area contributed by atoms with Gasteiger partial charge in [-0.25, -0.2) is 4.68 Å². The van der Waals surface area contributed by atoms with E-state index in [0.29, 0.717) is 26.2 Å². The van der Waals surface area contributed by atoms with Crippen LogP contribution in [0.25, 0.3) is 0 Å². The second-order valence-corrected chi connectivity index (χ2v) is 5.46. The molecular formula is C16H20N4O2. The smallest absolute Gasteiger partial charge is 0.224 e. The average Bonchev–Trinajstić information content (AvgIpc) is 3.15. The summed E-state index contributed by atoms with van der Waals surface area (Å²) in [5.74, 6) is 0.185. The number of carbonyl (C=O) groups is 1. The lowest BCUT2D eigenvalue weighted by Gasteiger charge is -2.13. The zero-order chi connectivity index (χ0) is 15.4. The number of hydrogen-bond donors (Lipinski definition) is 0. The van der Waals surface area contributed by atoms with E-state index in [2.05, 4.69) is 10.3 Å². The van der Waals surface area contributed by atoms with Crippen LogP contribution in [0.3, 0.4) is 0 Å². The van der Waals surface area contributed by atoms with Crippen LogP contribution in [0.5, 0.6) is 0 Å². The van der Waals surface area contributed by atoms with Crippen molar-refractivity contribution in [1.82, 2.24) is 19.9 Å². The van der Waals surface area contributed by atoms with Crippen LogP contribution < -0.4 is 0 Å². The van der Waals surface area contributed by atoms with Gasteiger partial charge in [0, 0.05) is 13.1 Å². The van der Waals surface area contributed by atoms with Crippen LogP contribution in [-0.4, -0.2) is 38.9 Å². The summed E-state index contributed by atoms with van der Waals surface area (Å²) in [6, 6.07) is 10.1. The number of likely N-dealkylation sites (N-methyl/N-ethyl adjacent to an activating group) is 1. The molecule has 116 valence electrons. The van der Waals surface area contributed by atoms with E-state index in [4.69, 9.17) is 4.74 Å². The van der Waals surface area contributed by atoms with Gasteiger partial charge < -0.3 is 9.64 Å². The molecule has 1 amide bonds. The summed E-state index contributed by atoms with van der Waals surface area (Å²) in [6.45, 7) is 4.43. The Hall–Kier alpha value is -2.21. The molecule has 0 unspecified atom stereocenters. The first-order valence-corrected chi connectivity index (χ1v) is 7.56. The Kier molecular flexibility index (Phi) is 4.48. The van der Waals surface area contributed by atoms with Gasteiger partial charge in [-0.2, -0.15) is 0 Å². The van der Waals surface area contributed by atoms with Crippen molar-refractivity contribution in [2.75, 3.05) is 13.1 Å². The zero-order valence-electron chi connectivity index (χ0n) is 12.7. The van der Waals surface area contributed by atoms with Crippen LogP contribution in [0.15, 0.2) is 36.5 Å². The van der Waals surface area contributed by atoms with E-state index < -0.39 is 0 Å². The highest BCUT2D eigenvalue weighted by Gasteiger charge is 2.30. The highest BCUT2D eigenvalue weighted by atomic mass is 16.5. The van der Waals surface area contributed by atoms with Crippen LogP contribution in [0, 0.1) is 0 Å². The van der Waals surface area contributed by atoms with Crippen molar-refractivity contribution in [2.45, 2.75) is 32.6 Å². The lowest BCUT2D eigenvalue weighted by atomic mass is 10.2. The van der Waals surface area contributed by atoms with Crippen molar-refractivity contribution in [3.63, 3.8) is 0 Å². The summed E-state index contributed by atoms with van der Waals surface area (Å²) in [7, 11) is 0. The first-order chi connectivity index (χ1) is 10.8. The molecule has 3 rings (SSSR count). The maximum Gasteiger partial charge on any atom is 0.224 e. The number of benzene rings is 1. The number of likely N-dealkylation sites (tertiary alicyclic amines) is 1. The molecule has 0 spiro atoms. The highest BCUT2D eigenvalue weighted by molar-refractivity contribution is 5.78. The fourth-order valence-corrected chi connectivity index (χ4v) is 2.64. The minimum absolute atomic E-state index is 0.0859. The van der Waals surface area contributed by atoms with Crippen LogP contribution >= 0.6 is 0 Å². The van der Waals surface area contributed by atoms with Crippen LogP contribution in [0.1, 0.15) is 30.6 Å². The van der Waals surface area contributed by atoms with Crippen molar-refractivity contribution in [3.8, 4) is 0 Å². The van der Waals surface area contributed by atoms with Gasteiger partial charge in [-0.1, -0.05) is 35.5 Å². The molecule has 0 bridgehead atoms. The number of aromatic nitrogens is 3. The molecule has 1 aliphatic rings. The molecule has 6 nitrogen and oxygen atoms in total. The predicted molar refractivity (Wildman–Crippen MR) is 80.9 cm³/mol. The van der Waals surface area contributed by atoms with Gasteiger partial charge >= 0.3 is 0 Å². The normalized spacial score (nSPS) is 18.1. The van der Waals surface area contributed by atoms with E-state index in [-0.39, 0.29) is 11.9 Å². The number of carbonyl (C=O) groups excluding carboxylic acids is 1. The third-order valence-corrected chi connectivity index (χ3v) is 3.87. The van der Waals surface area contributed by atoms with Gasteiger partial charge in [0.2, 0.25) is 5.91 Å². The molecule has 0 aliphatic carbocycles. The van der Waals surface area contributed by atoms with Crippen molar-refractivity contribution >= 4 is 5.91 Å². The number of amides is 1. The quantitative estimate of drug-likeness (QED) is 0.816. The molecule has 1 atom stereocenters. The number of hydrogen-bond acceptors (Lipinski definition) is 4.